The van der Waals surface area contributed by atoms with E-state index in [9.17, 15) is 4.79 Å². The summed E-state index contributed by atoms with van der Waals surface area (Å²) in [7, 11) is 0. The molecule has 0 fully saturated rings. The van der Waals surface area contributed by atoms with Gasteiger partial charge in [-0.05, 0) is 6.92 Å². The van der Waals surface area contributed by atoms with Gasteiger partial charge in [-0.15, -0.1) is 0 Å². The topological polar surface area (TPSA) is 130 Å². The predicted octanol–water partition coefficient (Wildman–Crippen LogP) is -0.936. The quantitative estimate of drug-likeness (QED) is 0.506. The van der Waals surface area contributed by atoms with E-state index < -0.39 is 18.6 Å². The van der Waals surface area contributed by atoms with Crippen molar-refractivity contribution in [3.63, 3.8) is 0 Å². The first-order valence-electron chi connectivity index (χ1n) is 4.12. The molecule has 0 spiro atoms. The van der Waals surface area contributed by atoms with E-state index >= 15 is 0 Å². The van der Waals surface area contributed by atoms with Gasteiger partial charge in [0, 0.05) is 6.61 Å². The molecule has 0 saturated heterocycles. The second-order valence-electron chi connectivity index (χ2n) is 2.12. The molecule has 88 valence electrons. The lowest BCUT2D eigenvalue weighted by atomic mass is 10.3. The molecule has 0 aromatic carbocycles. The standard InChI is InChI=1S/C3H7NO3.C3H3NO.C2H6O/c4-2(1-5)3(6)7;1-2-5-3-4-1;1-2-3/h2,5H,1,4H2,(H,6,7);1-3H;3H,2H2,1H3. The van der Waals surface area contributed by atoms with Crippen molar-refractivity contribution in [3.8, 4) is 0 Å². The van der Waals surface area contributed by atoms with E-state index in [-0.39, 0.29) is 6.61 Å². The van der Waals surface area contributed by atoms with Crippen molar-refractivity contribution >= 4 is 5.97 Å². The molecule has 1 rings (SSSR count). The Kier molecular flexibility index (Phi) is 13.4. The van der Waals surface area contributed by atoms with Crippen LogP contribution in [0.1, 0.15) is 6.92 Å². The first-order chi connectivity index (χ1) is 7.09. The maximum absolute atomic E-state index is 9.65. The SMILES string of the molecule is CCO.NC(CO)C(=O)O.c1cocn1. The number of aliphatic hydroxyl groups is 2. The summed E-state index contributed by atoms with van der Waals surface area (Å²) in [5.74, 6) is -1.18. The van der Waals surface area contributed by atoms with Crippen molar-refractivity contribution in [1.29, 1.82) is 0 Å². The van der Waals surface area contributed by atoms with Crippen LogP contribution in [-0.4, -0.2) is 45.5 Å². The third-order valence-corrected chi connectivity index (χ3v) is 0.861. The van der Waals surface area contributed by atoms with Gasteiger partial charge < -0.3 is 25.5 Å². The molecular weight excluding hydrogens is 204 g/mol. The molecule has 7 heteroatoms. The van der Waals surface area contributed by atoms with Gasteiger partial charge in [0.1, 0.15) is 12.3 Å². The molecule has 15 heavy (non-hydrogen) atoms. The molecule has 1 aromatic heterocycles. The lowest BCUT2D eigenvalue weighted by Crippen LogP contribution is -2.33. The van der Waals surface area contributed by atoms with Crippen LogP contribution in [0.25, 0.3) is 0 Å². The van der Waals surface area contributed by atoms with Crippen molar-refractivity contribution in [2.75, 3.05) is 13.2 Å². The van der Waals surface area contributed by atoms with Crippen molar-refractivity contribution in [3.05, 3.63) is 18.9 Å². The molecule has 0 bridgehead atoms. The van der Waals surface area contributed by atoms with E-state index in [1.54, 1.807) is 13.1 Å². The monoisotopic (exact) mass is 220 g/mol. The fourth-order valence-corrected chi connectivity index (χ4v) is 0.254. The lowest BCUT2D eigenvalue weighted by Gasteiger charge is -1.96. The molecule has 1 heterocycles. The largest absolute Gasteiger partial charge is 0.480 e. The highest BCUT2D eigenvalue weighted by molar-refractivity contribution is 5.73. The molecule has 0 saturated carbocycles. The molecule has 7 nitrogen and oxygen atoms in total. The highest BCUT2D eigenvalue weighted by Crippen LogP contribution is 1.72. The van der Waals surface area contributed by atoms with Gasteiger partial charge in [0.05, 0.1) is 12.8 Å². The Labute approximate surface area is 87.2 Å². The summed E-state index contributed by atoms with van der Waals surface area (Å²) in [6.45, 7) is 1.43. The summed E-state index contributed by atoms with van der Waals surface area (Å²) in [5.41, 5.74) is 4.77. The van der Waals surface area contributed by atoms with Crippen LogP contribution in [0.4, 0.5) is 0 Å². The van der Waals surface area contributed by atoms with Crippen LogP contribution in [0.2, 0.25) is 0 Å². The third-order valence-electron chi connectivity index (χ3n) is 0.861. The molecule has 0 aliphatic heterocycles. The van der Waals surface area contributed by atoms with Gasteiger partial charge in [-0.25, -0.2) is 4.98 Å². The number of carboxylic acids is 1. The summed E-state index contributed by atoms with van der Waals surface area (Å²) >= 11 is 0. The second-order valence-corrected chi connectivity index (χ2v) is 2.12. The number of aliphatic carboxylic acids is 1. The predicted molar refractivity (Wildman–Crippen MR) is 52.0 cm³/mol. The number of oxazole rings is 1. The molecule has 0 amide bonds. The smallest absolute Gasteiger partial charge is 0.322 e. The van der Waals surface area contributed by atoms with E-state index in [4.69, 9.17) is 21.1 Å². The Morgan fingerprint density at radius 2 is 2.13 bits per heavy atom. The number of carboxylic acid groups (broad SMARTS) is 1. The number of rotatable bonds is 2. The Balaban J connectivity index is 0. The van der Waals surface area contributed by atoms with Crippen molar-refractivity contribution in [2.45, 2.75) is 13.0 Å². The molecule has 5 N–H and O–H groups in total. The fraction of sp³-hybridized carbons (Fsp3) is 0.500. The minimum Gasteiger partial charge on any atom is -0.480 e. The number of aliphatic hydroxyl groups excluding tert-OH is 2. The van der Waals surface area contributed by atoms with Gasteiger partial charge in [0.25, 0.3) is 0 Å². The number of carbonyl (C=O) groups is 1. The number of nitrogens with two attached hydrogens (primary N) is 1. The third kappa shape index (κ3) is 15.3. The van der Waals surface area contributed by atoms with Crippen LogP contribution < -0.4 is 5.73 Å². The summed E-state index contributed by atoms with van der Waals surface area (Å²) in [5, 5.41) is 23.5. The first kappa shape index (κ1) is 16.0. The Hall–Kier alpha value is -1.44. The van der Waals surface area contributed by atoms with Crippen LogP contribution in [0.15, 0.2) is 23.3 Å². The molecule has 1 unspecified atom stereocenters. The molecule has 0 aliphatic carbocycles. The minimum atomic E-state index is -1.18. The average Bonchev–Trinajstić information content (AvgIpc) is 2.75. The molecule has 0 radical (unpaired) electrons. The average molecular weight is 220 g/mol. The summed E-state index contributed by atoms with van der Waals surface area (Å²) in [6.07, 6.45) is 4.47. The number of hydrogen-bond donors (Lipinski definition) is 4. The van der Waals surface area contributed by atoms with Crippen LogP contribution in [0.5, 0.6) is 0 Å². The molecule has 1 aromatic rings. The van der Waals surface area contributed by atoms with E-state index in [1.807, 2.05) is 0 Å². The maximum Gasteiger partial charge on any atom is 0.322 e. The second kappa shape index (κ2) is 12.6. The van der Waals surface area contributed by atoms with Crippen LogP contribution in [0, 0.1) is 0 Å². The molecule has 1 atom stereocenters. The maximum atomic E-state index is 9.65. The number of aromatic nitrogens is 1. The van der Waals surface area contributed by atoms with Gasteiger partial charge in [0.2, 0.25) is 0 Å². The first-order valence-corrected chi connectivity index (χ1v) is 4.12. The van der Waals surface area contributed by atoms with Crippen LogP contribution >= 0.6 is 0 Å². The fourth-order valence-electron chi connectivity index (χ4n) is 0.254. The van der Waals surface area contributed by atoms with E-state index in [1.165, 1.54) is 12.7 Å². The van der Waals surface area contributed by atoms with E-state index in [0.717, 1.165) is 0 Å². The molecular formula is C8H16N2O5. The summed E-state index contributed by atoms with van der Waals surface area (Å²) in [4.78, 5) is 13.2. The highest BCUT2D eigenvalue weighted by atomic mass is 16.4. The van der Waals surface area contributed by atoms with Crippen LogP contribution in [-0.2, 0) is 4.79 Å². The van der Waals surface area contributed by atoms with Crippen molar-refractivity contribution in [1.82, 2.24) is 4.98 Å². The Morgan fingerprint density at radius 3 is 2.20 bits per heavy atom. The van der Waals surface area contributed by atoms with Crippen molar-refractivity contribution < 1.29 is 24.5 Å². The molecule has 0 aliphatic rings. The normalized spacial score (nSPS) is 10.1. The van der Waals surface area contributed by atoms with E-state index in [0.29, 0.717) is 0 Å². The van der Waals surface area contributed by atoms with E-state index in [2.05, 4.69) is 9.40 Å². The minimum absolute atomic E-state index is 0.250. The lowest BCUT2D eigenvalue weighted by molar-refractivity contribution is -0.139. The Bertz CT molecular complexity index is 198. The number of hydrogen-bond acceptors (Lipinski definition) is 6. The van der Waals surface area contributed by atoms with Gasteiger partial charge in [-0.3, -0.25) is 4.79 Å². The summed E-state index contributed by atoms with van der Waals surface area (Å²) < 4.78 is 4.47. The van der Waals surface area contributed by atoms with Crippen molar-refractivity contribution in [2.24, 2.45) is 5.73 Å². The van der Waals surface area contributed by atoms with Gasteiger partial charge >= 0.3 is 5.97 Å². The van der Waals surface area contributed by atoms with Gasteiger partial charge in [0.15, 0.2) is 6.39 Å². The Morgan fingerprint density at radius 1 is 1.60 bits per heavy atom. The zero-order valence-corrected chi connectivity index (χ0v) is 8.41. The highest BCUT2D eigenvalue weighted by Gasteiger charge is 2.06. The zero-order chi connectivity index (χ0) is 12.1. The van der Waals surface area contributed by atoms with Crippen LogP contribution in [0.3, 0.4) is 0 Å². The van der Waals surface area contributed by atoms with Gasteiger partial charge in [-0.1, -0.05) is 0 Å². The number of nitrogens with zero attached hydrogens (tertiary/aromatic N) is 1. The zero-order valence-electron chi connectivity index (χ0n) is 8.41. The summed E-state index contributed by atoms with van der Waals surface area (Å²) in [6, 6.07) is -1.13. The van der Waals surface area contributed by atoms with Gasteiger partial charge in [-0.2, -0.15) is 0 Å².